The molecule has 0 atom stereocenters. The van der Waals surface area contributed by atoms with E-state index < -0.39 is 8.07 Å². The van der Waals surface area contributed by atoms with Crippen LogP contribution in [0, 0.1) is 0 Å². The van der Waals surface area contributed by atoms with E-state index in [4.69, 9.17) is 5.73 Å². The lowest BCUT2D eigenvalue weighted by Crippen LogP contribution is -2.25. The molecule has 0 unspecified atom stereocenters. The summed E-state index contributed by atoms with van der Waals surface area (Å²) in [5, 5.41) is 0. The lowest BCUT2D eigenvalue weighted by Gasteiger charge is -2.14. The van der Waals surface area contributed by atoms with Crippen LogP contribution in [0.15, 0.2) is 11.8 Å². The molecular weight excluding hydrogens is 126 g/mol. The molecule has 0 heterocycles. The molecule has 54 valence electrons. The summed E-state index contributed by atoms with van der Waals surface area (Å²) in [6.07, 6.45) is 2.14. The van der Waals surface area contributed by atoms with Gasteiger partial charge < -0.3 is 5.73 Å². The molecule has 0 aliphatic carbocycles. The predicted molar refractivity (Wildman–Crippen MR) is 46.2 cm³/mol. The Balaban J connectivity index is 3.70. The second kappa shape index (κ2) is 3.85. The van der Waals surface area contributed by atoms with E-state index in [0.717, 1.165) is 6.54 Å². The van der Waals surface area contributed by atoms with Crippen molar-refractivity contribution in [1.82, 2.24) is 0 Å². The first-order valence-corrected chi connectivity index (χ1v) is 6.75. The molecule has 9 heavy (non-hydrogen) atoms. The van der Waals surface area contributed by atoms with Crippen LogP contribution in [0.3, 0.4) is 0 Å². The molecule has 0 rings (SSSR count). The fourth-order valence-corrected chi connectivity index (χ4v) is 2.72. The Kier molecular flexibility index (Phi) is 3.82. The smallest absolute Gasteiger partial charge is 0.0725 e. The Hall–Kier alpha value is -0.0831. The van der Waals surface area contributed by atoms with Crippen molar-refractivity contribution in [1.29, 1.82) is 0 Å². The third-order valence-electron chi connectivity index (χ3n) is 1.41. The molecular formula is C7H17NSi. The Morgan fingerprint density at radius 1 is 1.44 bits per heavy atom. The standard InChI is InChI=1S/C7H17NSi/c1-4-6-9(2,3)7-5-8/h4,6H,5,7-8H2,1-3H3/b6-4+. The largest absolute Gasteiger partial charge is 0.331 e. The summed E-state index contributed by atoms with van der Waals surface area (Å²) in [5.41, 5.74) is 7.78. The maximum atomic E-state index is 5.45. The Labute approximate surface area is 59.0 Å². The topological polar surface area (TPSA) is 26.0 Å². The molecule has 0 aliphatic heterocycles. The third kappa shape index (κ3) is 4.42. The number of nitrogens with two attached hydrogens (primary N) is 1. The molecule has 0 aliphatic rings. The monoisotopic (exact) mass is 143 g/mol. The molecule has 0 bridgehead atoms. The van der Waals surface area contributed by atoms with Crippen LogP contribution < -0.4 is 5.73 Å². The molecule has 1 nitrogen and oxygen atoms in total. The summed E-state index contributed by atoms with van der Waals surface area (Å²) in [6, 6.07) is 1.21. The normalized spacial score (nSPS) is 12.9. The summed E-state index contributed by atoms with van der Waals surface area (Å²) in [7, 11) is -1.01. The van der Waals surface area contributed by atoms with Crippen LogP contribution >= 0.6 is 0 Å². The number of hydrogen-bond donors (Lipinski definition) is 1. The van der Waals surface area contributed by atoms with Crippen molar-refractivity contribution in [3.63, 3.8) is 0 Å². The highest BCUT2D eigenvalue weighted by Crippen LogP contribution is 2.08. The average Bonchev–Trinajstić information content (AvgIpc) is 1.64. The van der Waals surface area contributed by atoms with E-state index in [1.165, 1.54) is 6.04 Å². The van der Waals surface area contributed by atoms with Gasteiger partial charge in [-0.05, 0) is 19.5 Å². The summed E-state index contributed by atoms with van der Waals surface area (Å²) >= 11 is 0. The molecule has 2 N–H and O–H groups in total. The highest BCUT2D eigenvalue weighted by atomic mass is 28.3. The van der Waals surface area contributed by atoms with E-state index in [-0.39, 0.29) is 0 Å². The maximum absolute atomic E-state index is 5.45. The van der Waals surface area contributed by atoms with E-state index in [0.29, 0.717) is 0 Å². The van der Waals surface area contributed by atoms with Crippen molar-refractivity contribution in [3.05, 3.63) is 11.8 Å². The number of hydrogen-bond acceptors (Lipinski definition) is 1. The van der Waals surface area contributed by atoms with Gasteiger partial charge in [0.1, 0.15) is 0 Å². The van der Waals surface area contributed by atoms with Gasteiger partial charge in [0.15, 0.2) is 0 Å². The minimum Gasteiger partial charge on any atom is -0.331 e. The van der Waals surface area contributed by atoms with Gasteiger partial charge in [0, 0.05) is 0 Å². The first-order chi connectivity index (χ1) is 4.12. The van der Waals surface area contributed by atoms with Gasteiger partial charge in [-0.2, -0.15) is 0 Å². The van der Waals surface area contributed by atoms with Crippen molar-refractivity contribution in [2.24, 2.45) is 5.73 Å². The van der Waals surface area contributed by atoms with Gasteiger partial charge in [0.2, 0.25) is 0 Å². The summed E-state index contributed by atoms with van der Waals surface area (Å²) < 4.78 is 0. The second-order valence-electron chi connectivity index (χ2n) is 3.03. The van der Waals surface area contributed by atoms with Gasteiger partial charge in [-0.3, -0.25) is 0 Å². The Morgan fingerprint density at radius 2 is 2.00 bits per heavy atom. The van der Waals surface area contributed by atoms with E-state index >= 15 is 0 Å². The number of allylic oxidation sites excluding steroid dienone is 1. The van der Waals surface area contributed by atoms with Crippen LogP contribution in [0.2, 0.25) is 19.1 Å². The minimum absolute atomic E-state index is 0.837. The van der Waals surface area contributed by atoms with Crippen molar-refractivity contribution >= 4 is 8.07 Å². The summed E-state index contributed by atoms with van der Waals surface area (Å²) in [5.74, 6) is 0. The lowest BCUT2D eigenvalue weighted by atomic mass is 10.8. The van der Waals surface area contributed by atoms with Crippen molar-refractivity contribution in [3.8, 4) is 0 Å². The van der Waals surface area contributed by atoms with E-state index in [2.05, 4.69) is 31.8 Å². The van der Waals surface area contributed by atoms with E-state index in [9.17, 15) is 0 Å². The van der Waals surface area contributed by atoms with E-state index in [1.807, 2.05) is 0 Å². The Morgan fingerprint density at radius 3 is 2.33 bits per heavy atom. The van der Waals surface area contributed by atoms with Gasteiger partial charge in [-0.15, -0.1) is 0 Å². The minimum atomic E-state index is -1.01. The third-order valence-corrected chi connectivity index (χ3v) is 4.22. The van der Waals surface area contributed by atoms with Crippen LogP contribution in [0.25, 0.3) is 0 Å². The maximum Gasteiger partial charge on any atom is 0.0725 e. The van der Waals surface area contributed by atoms with Crippen molar-refractivity contribution in [2.75, 3.05) is 6.54 Å². The van der Waals surface area contributed by atoms with Gasteiger partial charge >= 0.3 is 0 Å². The molecule has 0 aromatic rings. The van der Waals surface area contributed by atoms with Gasteiger partial charge in [0.25, 0.3) is 0 Å². The van der Waals surface area contributed by atoms with Gasteiger partial charge in [-0.1, -0.05) is 24.9 Å². The quantitative estimate of drug-likeness (QED) is 0.599. The van der Waals surface area contributed by atoms with Gasteiger partial charge in [-0.25, -0.2) is 0 Å². The fraction of sp³-hybridized carbons (Fsp3) is 0.714. The van der Waals surface area contributed by atoms with Gasteiger partial charge in [0.05, 0.1) is 8.07 Å². The molecule has 0 fully saturated rings. The Bertz CT molecular complexity index is 97.1. The zero-order chi connectivity index (χ0) is 7.33. The van der Waals surface area contributed by atoms with E-state index in [1.54, 1.807) is 0 Å². The highest BCUT2D eigenvalue weighted by Gasteiger charge is 2.13. The molecule has 0 aromatic heterocycles. The second-order valence-corrected chi connectivity index (χ2v) is 7.84. The molecule has 0 radical (unpaired) electrons. The fourth-order valence-electron chi connectivity index (χ4n) is 0.907. The lowest BCUT2D eigenvalue weighted by molar-refractivity contribution is 1.10. The number of rotatable bonds is 3. The van der Waals surface area contributed by atoms with Crippen LogP contribution in [0.4, 0.5) is 0 Å². The molecule has 0 saturated carbocycles. The molecule has 0 saturated heterocycles. The van der Waals surface area contributed by atoms with Crippen LogP contribution in [0.5, 0.6) is 0 Å². The molecule has 0 spiro atoms. The molecule has 2 heteroatoms. The van der Waals surface area contributed by atoms with Crippen molar-refractivity contribution < 1.29 is 0 Å². The first kappa shape index (κ1) is 8.92. The first-order valence-electron chi connectivity index (χ1n) is 3.46. The van der Waals surface area contributed by atoms with Crippen LogP contribution in [-0.2, 0) is 0 Å². The molecule has 0 aromatic carbocycles. The van der Waals surface area contributed by atoms with Crippen LogP contribution in [0.1, 0.15) is 6.92 Å². The zero-order valence-corrected chi connectivity index (χ0v) is 7.65. The summed E-state index contributed by atoms with van der Waals surface area (Å²) in [4.78, 5) is 0. The van der Waals surface area contributed by atoms with Crippen LogP contribution in [-0.4, -0.2) is 14.6 Å². The average molecular weight is 143 g/mol. The molecule has 0 amide bonds. The van der Waals surface area contributed by atoms with Crippen molar-refractivity contribution in [2.45, 2.75) is 26.1 Å². The zero-order valence-electron chi connectivity index (χ0n) is 6.65. The summed E-state index contributed by atoms with van der Waals surface area (Å²) in [6.45, 7) is 7.58. The highest BCUT2D eigenvalue weighted by molar-refractivity contribution is 6.82. The predicted octanol–water partition coefficient (Wildman–Crippen LogP) is 1.77. The SMILES string of the molecule is C/C=C/[Si](C)(C)CCN.